The Hall–Kier alpha value is -2.11. The Morgan fingerprint density at radius 3 is 2.56 bits per heavy atom. The fraction of sp³-hybridized carbons (Fsp3) is 0.278. The number of unbranched alkanes of at least 4 members (excludes halogenated alkanes) is 1. The Balaban J connectivity index is 2.14. The van der Waals surface area contributed by atoms with Crippen molar-refractivity contribution in [2.75, 3.05) is 18.9 Å². The van der Waals surface area contributed by atoms with E-state index in [1.54, 1.807) is 30.1 Å². The van der Waals surface area contributed by atoms with Gasteiger partial charge in [0.05, 0.1) is 21.8 Å². The van der Waals surface area contributed by atoms with E-state index < -0.39 is 5.91 Å². The number of halogens is 2. The van der Waals surface area contributed by atoms with Crippen molar-refractivity contribution in [3.05, 3.63) is 57.8 Å². The van der Waals surface area contributed by atoms with Crippen LogP contribution in [0.2, 0.25) is 10.0 Å². The van der Waals surface area contributed by atoms with Crippen LogP contribution in [-0.4, -0.2) is 35.3 Å². The van der Waals surface area contributed by atoms with E-state index in [1.165, 1.54) is 18.5 Å². The molecule has 0 saturated carbocycles. The molecule has 7 heteroatoms. The molecular formula is C18H19Cl2N3O2. The Kier molecular flexibility index (Phi) is 6.79. The van der Waals surface area contributed by atoms with E-state index in [4.69, 9.17) is 23.2 Å². The van der Waals surface area contributed by atoms with Crippen LogP contribution >= 0.6 is 23.2 Å². The van der Waals surface area contributed by atoms with E-state index >= 15 is 0 Å². The van der Waals surface area contributed by atoms with Gasteiger partial charge in [0.2, 0.25) is 0 Å². The predicted octanol–water partition coefficient (Wildman–Crippen LogP) is 4.51. The van der Waals surface area contributed by atoms with Gasteiger partial charge in [0.1, 0.15) is 0 Å². The maximum atomic E-state index is 12.4. The second-order valence-electron chi connectivity index (χ2n) is 5.62. The third-order valence-electron chi connectivity index (χ3n) is 3.62. The van der Waals surface area contributed by atoms with Crippen molar-refractivity contribution in [1.82, 2.24) is 9.88 Å². The topological polar surface area (TPSA) is 62.3 Å². The minimum absolute atomic E-state index is 0.167. The highest BCUT2D eigenvalue weighted by Gasteiger charge is 2.15. The molecular weight excluding hydrogens is 361 g/mol. The highest BCUT2D eigenvalue weighted by molar-refractivity contribution is 6.36. The molecule has 0 bridgehead atoms. The van der Waals surface area contributed by atoms with Crippen molar-refractivity contribution in [3.8, 4) is 0 Å². The Morgan fingerprint density at radius 2 is 1.88 bits per heavy atom. The largest absolute Gasteiger partial charge is 0.342 e. The van der Waals surface area contributed by atoms with Crippen LogP contribution in [0.4, 0.5) is 5.69 Å². The molecule has 5 nitrogen and oxygen atoms in total. The molecule has 0 atom stereocenters. The van der Waals surface area contributed by atoms with Gasteiger partial charge in [-0.2, -0.15) is 0 Å². The maximum Gasteiger partial charge on any atom is 0.257 e. The summed E-state index contributed by atoms with van der Waals surface area (Å²) in [5.74, 6) is -0.567. The quantitative estimate of drug-likeness (QED) is 0.802. The van der Waals surface area contributed by atoms with Crippen molar-refractivity contribution >= 4 is 40.7 Å². The fourth-order valence-electron chi connectivity index (χ4n) is 2.18. The van der Waals surface area contributed by atoms with Crippen LogP contribution in [0, 0.1) is 0 Å². The summed E-state index contributed by atoms with van der Waals surface area (Å²) in [5.41, 5.74) is 1.09. The lowest BCUT2D eigenvalue weighted by Crippen LogP contribution is -2.28. The van der Waals surface area contributed by atoms with Crippen molar-refractivity contribution in [1.29, 1.82) is 0 Å². The number of hydrogen-bond donors (Lipinski definition) is 1. The average molecular weight is 380 g/mol. The highest BCUT2D eigenvalue weighted by Crippen LogP contribution is 2.25. The highest BCUT2D eigenvalue weighted by atomic mass is 35.5. The van der Waals surface area contributed by atoms with Gasteiger partial charge in [0.15, 0.2) is 0 Å². The van der Waals surface area contributed by atoms with E-state index in [1.807, 2.05) is 0 Å². The first-order valence-electron chi connectivity index (χ1n) is 7.89. The minimum atomic E-state index is -0.400. The minimum Gasteiger partial charge on any atom is -0.342 e. The number of benzene rings is 1. The van der Waals surface area contributed by atoms with Gasteiger partial charge in [-0.15, -0.1) is 0 Å². The molecule has 132 valence electrons. The van der Waals surface area contributed by atoms with Gasteiger partial charge in [-0.25, -0.2) is 0 Å². The van der Waals surface area contributed by atoms with Gasteiger partial charge in [-0.1, -0.05) is 36.5 Å². The normalized spacial score (nSPS) is 10.4. The number of anilines is 1. The van der Waals surface area contributed by atoms with E-state index in [0.717, 1.165) is 12.8 Å². The molecule has 2 rings (SSSR count). The number of aromatic nitrogens is 1. The summed E-state index contributed by atoms with van der Waals surface area (Å²) in [6.07, 6.45) is 4.78. The van der Waals surface area contributed by atoms with Gasteiger partial charge in [0.25, 0.3) is 11.8 Å². The summed E-state index contributed by atoms with van der Waals surface area (Å²) in [6.45, 7) is 2.72. The van der Waals surface area contributed by atoms with E-state index in [-0.39, 0.29) is 11.5 Å². The zero-order valence-corrected chi connectivity index (χ0v) is 15.6. The van der Waals surface area contributed by atoms with Crippen molar-refractivity contribution < 1.29 is 9.59 Å². The Bertz CT molecular complexity index is 781. The standard InChI is InChI=1S/C18H19Cl2N3O2/c1-3-4-7-23(2)18(25)13-8-12(10-21-11-13)17(24)22-16-6-5-14(19)9-15(16)20/h5-6,8-11H,3-4,7H2,1-2H3,(H,22,24). The zero-order valence-electron chi connectivity index (χ0n) is 14.1. The van der Waals surface area contributed by atoms with Crippen LogP contribution in [0.1, 0.15) is 40.5 Å². The fourth-order valence-corrected chi connectivity index (χ4v) is 2.64. The molecule has 2 amide bonds. The molecule has 0 aliphatic carbocycles. The van der Waals surface area contributed by atoms with Gasteiger partial charge >= 0.3 is 0 Å². The summed E-state index contributed by atoms with van der Waals surface area (Å²) >= 11 is 11.9. The van der Waals surface area contributed by atoms with Crippen LogP contribution < -0.4 is 5.32 Å². The predicted molar refractivity (Wildman–Crippen MR) is 101 cm³/mol. The summed E-state index contributed by atoms with van der Waals surface area (Å²) in [7, 11) is 1.73. The zero-order chi connectivity index (χ0) is 18.4. The SMILES string of the molecule is CCCCN(C)C(=O)c1cncc(C(=O)Nc2ccc(Cl)cc2Cl)c1. The number of nitrogens with one attached hydrogen (secondary N) is 1. The smallest absolute Gasteiger partial charge is 0.257 e. The number of pyridine rings is 1. The second-order valence-corrected chi connectivity index (χ2v) is 6.46. The third-order valence-corrected chi connectivity index (χ3v) is 4.17. The molecule has 0 spiro atoms. The lowest BCUT2D eigenvalue weighted by atomic mass is 10.1. The Labute approximate surface area is 157 Å². The molecule has 0 aliphatic rings. The number of amides is 2. The first-order valence-corrected chi connectivity index (χ1v) is 8.65. The van der Waals surface area contributed by atoms with E-state index in [0.29, 0.717) is 27.8 Å². The molecule has 1 aromatic carbocycles. The summed E-state index contributed by atoms with van der Waals surface area (Å²) in [6, 6.07) is 6.31. The molecule has 1 N–H and O–H groups in total. The van der Waals surface area contributed by atoms with Crippen molar-refractivity contribution in [2.24, 2.45) is 0 Å². The molecule has 0 aliphatic heterocycles. The van der Waals surface area contributed by atoms with Crippen LogP contribution in [0.15, 0.2) is 36.7 Å². The molecule has 0 fully saturated rings. The lowest BCUT2D eigenvalue weighted by molar-refractivity contribution is 0.0793. The number of carbonyl (C=O) groups excluding carboxylic acids is 2. The monoisotopic (exact) mass is 379 g/mol. The van der Waals surface area contributed by atoms with E-state index in [2.05, 4.69) is 17.2 Å². The number of nitrogens with zero attached hydrogens (tertiary/aromatic N) is 2. The van der Waals surface area contributed by atoms with Crippen molar-refractivity contribution in [3.63, 3.8) is 0 Å². The molecule has 2 aromatic rings. The maximum absolute atomic E-state index is 12.4. The van der Waals surface area contributed by atoms with E-state index in [9.17, 15) is 9.59 Å². The molecule has 25 heavy (non-hydrogen) atoms. The Morgan fingerprint density at radius 1 is 1.16 bits per heavy atom. The first-order chi connectivity index (χ1) is 11.9. The average Bonchev–Trinajstić information content (AvgIpc) is 2.61. The number of hydrogen-bond acceptors (Lipinski definition) is 3. The molecule has 0 radical (unpaired) electrons. The number of rotatable bonds is 6. The first kappa shape index (κ1) is 19.2. The second kappa shape index (κ2) is 8.83. The van der Waals surface area contributed by atoms with Gasteiger partial charge in [-0.05, 0) is 30.7 Å². The van der Waals surface area contributed by atoms with Gasteiger partial charge < -0.3 is 10.2 Å². The summed E-state index contributed by atoms with van der Waals surface area (Å²) in [5, 5.41) is 3.50. The summed E-state index contributed by atoms with van der Waals surface area (Å²) < 4.78 is 0. The van der Waals surface area contributed by atoms with Crippen LogP contribution in [0.3, 0.4) is 0 Å². The molecule has 1 aromatic heterocycles. The van der Waals surface area contributed by atoms with Crippen LogP contribution in [-0.2, 0) is 0 Å². The summed E-state index contributed by atoms with van der Waals surface area (Å²) in [4.78, 5) is 30.4. The van der Waals surface area contributed by atoms with Crippen LogP contribution in [0.5, 0.6) is 0 Å². The molecule has 1 heterocycles. The molecule has 0 saturated heterocycles. The van der Waals surface area contributed by atoms with Gasteiger partial charge in [-0.3, -0.25) is 14.6 Å². The van der Waals surface area contributed by atoms with Crippen LogP contribution in [0.25, 0.3) is 0 Å². The molecule has 0 unspecified atom stereocenters. The third kappa shape index (κ3) is 5.18. The lowest BCUT2D eigenvalue weighted by Gasteiger charge is -2.16. The van der Waals surface area contributed by atoms with Gasteiger partial charge in [0, 0.05) is 31.0 Å². The van der Waals surface area contributed by atoms with Crippen molar-refractivity contribution in [2.45, 2.75) is 19.8 Å². The number of carbonyl (C=O) groups is 2.